The molecule has 1 N–H and O–H groups in total. The molecule has 26 heavy (non-hydrogen) atoms. The standard InChI is InChI=1S/C21H24N4O/c1-14-8-9-20(23-13-14)25-15(2)10-17(16(25)3)11-18(12-22)21(26)24-19-6-4-5-7-19/h8-11,13,19H,4-7H2,1-3H3,(H,24,26)/b18-11-. The second kappa shape index (κ2) is 7.57. The van der Waals surface area contributed by atoms with E-state index in [1.165, 1.54) is 0 Å². The van der Waals surface area contributed by atoms with Crippen molar-refractivity contribution < 1.29 is 4.79 Å². The van der Waals surface area contributed by atoms with Gasteiger partial charge in [0.2, 0.25) is 0 Å². The molecule has 0 saturated heterocycles. The molecule has 2 aromatic heterocycles. The van der Waals surface area contributed by atoms with Crippen molar-refractivity contribution in [1.82, 2.24) is 14.9 Å². The molecule has 2 aromatic rings. The Kier molecular flexibility index (Phi) is 5.22. The first-order valence-corrected chi connectivity index (χ1v) is 9.04. The lowest BCUT2D eigenvalue weighted by Crippen LogP contribution is -2.33. The van der Waals surface area contributed by atoms with Crippen molar-refractivity contribution in [3.63, 3.8) is 0 Å². The van der Waals surface area contributed by atoms with Gasteiger partial charge in [-0.2, -0.15) is 5.26 Å². The highest BCUT2D eigenvalue weighted by Gasteiger charge is 2.20. The number of amides is 1. The minimum absolute atomic E-state index is 0.147. The average molecular weight is 348 g/mol. The van der Waals surface area contributed by atoms with Crippen LogP contribution in [0.4, 0.5) is 0 Å². The maximum atomic E-state index is 12.4. The lowest BCUT2D eigenvalue weighted by molar-refractivity contribution is -0.117. The average Bonchev–Trinajstić information content (AvgIpc) is 3.22. The minimum Gasteiger partial charge on any atom is -0.349 e. The van der Waals surface area contributed by atoms with Crippen LogP contribution in [-0.4, -0.2) is 21.5 Å². The third-order valence-corrected chi connectivity index (χ3v) is 4.95. The van der Waals surface area contributed by atoms with Crippen LogP contribution >= 0.6 is 0 Å². The molecule has 0 atom stereocenters. The Morgan fingerprint density at radius 3 is 2.65 bits per heavy atom. The number of rotatable bonds is 4. The SMILES string of the molecule is Cc1ccc(-n2c(C)cc(/C=C(/C#N)C(=O)NC3CCCC3)c2C)nc1. The molecule has 1 saturated carbocycles. The molecule has 0 aliphatic heterocycles. The summed E-state index contributed by atoms with van der Waals surface area (Å²) in [6.07, 6.45) is 7.79. The van der Waals surface area contributed by atoms with E-state index in [0.29, 0.717) is 0 Å². The van der Waals surface area contributed by atoms with Crippen molar-refractivity contribution in [2.45, 2.75) is 52.5 Å². The van der Waals surface area contributed by atoms with Crippen LogP contribution < -0.4 is 5.32 Å². The Hall–Kier alpha value is -2.87. The van der Waals surface area contributed by atoms with Gasteiger partial charge in [0.05, 0.1) is 0 Å². The molecule has 0 aromatic carbocycles. The van der Waals surface area contributed by atoms with Crippen LogP contribution in [0, 0.1) is 32.1 Å². The molecular weight excluding hydrogens is 324 g/mol. The highest BCUT2D eigenvalue weighted by atomic mass is 16.1. The van der Waals surface area contributed by atoms with Crippen LogP contribution in [0.5, 0.6) is 0 Å². The maximum absolute atomic E-state index is 12.4. The van der Waals surface area contributed by atoms with E-state index in [4.69, 9.17) is 0 Å². The first-order valence-electron chi connectivity index (χ1n) is 9.04. The van der Waals surface area contributed by atoms with E-state index < -0.39 is 0 Å². The van der Waals surface area contributed by atoms with Gasteiger partial charge < -0.3 is 9.88 Å². The van der Waals surface area contributed by atoms with Gasteiger partial charge in [0.1, 0.15) is 17.5 Å². The lowest BCUT2D eigenvalue weighted by atomic mass is 10.1. The minimum atomic E-state index is -0.280. The number of hydrogen-bond acceptors (Lipinski definition) is 3. The van der Waals surface area contributed by atoms with E-state index in [1.807, 2.05) is 49.7 Å². The fourth-order valence-electron chi connectivity index (χ4n) is 3.52. The van der Waals surface area contributed by atoms with Gasteiger partial charge in [-0.3, -0.25) is 4.79 Å². The number of aryl methyl sites for hydroxylation is 2. The molecule has 134 valence electrons. The summed E-state index contributed by atoms with van der Waals surface area (Å²) < 4.78 is 2.04. The predicted octanol–water partition coefficient (Wildman–Crippen LogP) is 3.76. The van der Waals surface area contributed by atoms with Gasteiger partial charge in [0, 0.05) is 23.6 Å². The number of aromatic nitrogens is 2. The lowest BCUT2D eigenvalue weighted by Gasteiger charge is -2.11. The van der Waals surface area contributed by atoms with Crippen molar-refractivity contribution in [2.24, 2.45) is 0 Å². The summed E-state index contributed by atoms with van der Waals surface area (Å²) >= 11 is 0. The predicted molar refractivity (Wildman–Crippen MR) is 102 cm³/mol. The van der Waals surface area contributed by atoms with Crippen LogP contribution in [0.3, 0.4) is 0 Å². The summed E-state index contributed by atoms with van der Waals surface area (Å²) in [5.74, 6) is 0.553. The van der Waals surface area contributed by atoms with Gasteiger partial charge in [0.25, 0.3) is 5.91 Å². The first kappa shape index (κ1) is 17.9. The smallest absolute Gasteiger partial charge is 0.262 e. The molecule has 0 bridgehead atoms. The molecular formula is C21H24N4O. The summed E-state index contributed by atoms with van der Waals surface area (Å²) in [6.45, 7) is 5.98. The summed E-state index contributed by atoms with van der Waals surface area (Å²) in [4.78, 5) is 16.9. The summed E-state index contributed by atoms with van der Waals surface area (Å²) in [6, 6.07) is 8.23. The van der Waals surface area contributed by atoms with Gasteiger partial charge in [-0.15, -0.1) is 0 Å². The van der Waals surface area contributed by atoms with Crippen LogP contribution in [0.1, 0.15) is 48.2 Å². The van der Waals surface area contributed by atoms with E-state index in [2.05, 4.69) is 16.4 Å². The highest BCUT2D eigenvalue weighted by molar-refractivity contribution is 6.02. The van der Waals surface area contributed by atoms with Crippen LogP contribution in [0.2, 0.25) is 0 Å². The van der Waals surface area contributed by atoms with Gasteiger partial charge in [-0.25, -0.2) is 4.98 Å². The summed E-state index contributed by atoms with van der Waals surface area (Å²) in [5, 5.41) is 12.4. The topological polar surface area (TPSA) is 70.7 Å². The zero-order chi connectivity index (χ0) is 18.7. The number of carbonyl (C=O) groups excluding carboxylic acids is 1. The van der Waals surface area contributed by atoms with Crippen molar-refractivity contribution >= 4 is 12.0 Å². The Balaban J connectivity index is 1.89. The molecule has 5 nitrogen and oxygen atoms in total. The highest BCUT2D eigenvalue weighted by Crippen LogP contribution is 2.23. The molecule has 0 unspecified atom stereocenters. The molecule has 0 radical (unpaired) electrons. The summed E-state index contributed by atoms with van der Waals surface area (Å²) in [7, 11) is 0. The van der Waals surface area contributed by atoms with Crippen molar-refractivity contribution in [2.75, 3.05) is 0 Å². The molecule has 0 spiro atoms. The Morgan fingerprint density at radius 1 is 1.31 bits per heavy atom. The van der Waals surface area contributed by atoms with E-state index in [1.54, 1.807) is 6.08 Å². The zero-order valence-corrected chi connectivity index (χ0v) is 15.5. The molecule has 1 aliphatic carbocycles. The van der Waals surface area contributed by atoms with Gasteiger partial charge in [-0.1, -0.05) is 18.9 Å². The zero-order valence-electron chi connectivity index (χ0n) is 15.5. The normalized spacial score (nSPS) is 15.1. The largest absolute Gasteiger partial charge is 0.349 e. The van der Waals surface area contributed by atoms with E-state index in [9.17, 15) is 10.1 Å². The quantitative estimate of drug-likeness (QED) is 0.675. The second-order valence-corrected chi connectivity index (χ2v) is 6.98. The van der Waals surface area contributed by atoms with Gasteiger partial charge >= 0.3 is 0 Å². The van der Waals surface area contributed by atoms with Crippen molar-refractivity contribution in [3.8, 4) is 11.9 Å². The molecule has 5 heteroatoms. The first-order chi connectivity index (χ1) is 12.5. The molecule has 1 fully saturated rings. The fraction of sp³-hybridized carbons (Fsp3) is 0.381. The number of hydrogen-bond donors (Lipinski definition) is 1. The van der Waals surface area contributed by atoms with Gasteiger partial charge in [0.15, 0.2) is 0 Å². The second-order valence-electron chi connectivity index (χ2n) is 6.98. The third kappa shape index (κ3) is 3.70. The molecule has 1 amide bonds. The van der Waals surface area contributed by atoms with E-state index in [-0.39, 0.29) is 17.5 Å². The van der Waals surface area contributed by atoms with Crippen molar-refractivity contribution in [3.05, 3.63) is 52.5 Å². The van der Waals surface area contributed by atoms with Crippen molar-refractivity contribution in [1.29, 1.82) is 5.26 Å². The van der Waals surface area contributed by atoms with Crippen LogP contribution in [0.15, 0.2) is 30.0 Å². The molecule has 1 aliphatic rings. The van der Waals surface area contributed by atoms with E-state index in [0.717, 1.165) is 54.0 Å². The number of nitrogens with one attached hydrogen (secondary N) is 1. The number of nitriles is 1. The third-order valence-electron chi connectivity index (χ3n) is 4.95. The van der Waals surface area contributed by atoms with Crippen LogP contribution in [-0.2, 0) is 4.79 Å². The van der Waals surface area contributed by atoms with Gasteiger partial charge in [-0.05, 0) is 62.9 Å². The number of nitrogens with zero attached hydrogens (tertiary/aromatic N) is 3. The van der Waals surface area contributed by atoms with E-state index >= 15 is 0 Å². The number of pyridine rings is 1. The fourth-order valence-corrected chi connectivity index (χ4v) is 3.52. The Morgan fingerprint density at radius 2 is 2.04 bits per heavy atom. The summed E-state index contributed by atoms with van der Waals surface area (Å²) in [5.41, 5.74) is 4.09. The Labute approximate surface area is 154 Å². The molecule has 2 heterocycles. The monoisotopic (exact) mass is 348 g/mol. The van der Waals surface area contributed by atoms with Crippen LogP contribution in [0.25, 0.3) is 11.9 Å². The maximum Gasteiger partial charge on any atom is 0.262 e. The molecule has 3 rings (SSSR count). The number of carbonyl (C=O) groups is 1. The Bertz CT molecular complexity index is 878.